The van der Waals surface area contributed by atoms with Crippen molar-refractivity contribution in [1.82, 2.24) is 19.7 Å². The minimum atomic E-state index is 0.469. The predicted molar refractivity (Wildman–Crippen MR) is 105 cm³/mol. The molecular weight excluding hydrogens is 344 g/mol. The predicted octanol–water partition coefficient (Wildman–Crippen LogP) is 2.53. The molecule has 0 unspecified atom stereocenters. The Balaban J connectivity index is 1.72. The van der Waals surface area contributed by atoms with Crippen LogP contribution in [0.4, 0.5) is 11.5 Å². The van der Waals surface area contributed by atoms with Gasteiger partial charge in [-0.3, -0.25) is 0 Å². The number of nitrogens with zero attached hydrogens (tertiary/aromatic N) is 4. The molecule has 0 amide bonds. The second-order valence-electron chi connectivity index (χ2n) is 6.16. The molecule has 0 spiro atoms. The van der Waals surface area contributed by atoms with Crippen LogP contribution >= 0.6 is 0 Å². The zero-order valence-electron chi connectivity index (χ0n) is 16.0. The number of hydrogen-bond acceptors (Lipinski definition) is 7. The molecule has 3 rings (SSSR count). The van der Waals surface area contributed by atoms with Crippen LogP contribution in [0.15, 0.2) is 30.6 Å². The summed E-state index contributed by atoms with van der Waals surface area (Å²) in [5.41, 5.74) is 9.73. The molecule has 2 aromatic heterocycles. The van der Waals surface area contributed by atoms with Crippen LogP contribution in [0.5, 0.6) is 11.5 Å². The van der Waals surface area contributed by atoms with Gasteiger partial charge < -0.3 is 20.5 Å². The fourth-order valence-electron chi connectivity index (χ4n) is 2.90. The van der Waals surface area contributed by atoms with Gasteiger partial charge in [0.2, 0.25) is 0 Å². The number of anilines is 2. The largest absolute Gasteiger partial charge is 0.493 e. The van der Waals surface area contributed by atoms with Gasteiger partial charge in [0.1, 0.15) is 12.0 Å². The SMILES string of the molecule is COc1ccc(CCNc2ncnc(-n3nc(C)cc3C)c2N)cc1OC. The van der Waals surface area contributed by atoms with Crippen LogP contribution in [0.2, 0.25) is 0 Å². The van der Waals surface area contributed by atoms with Gasteiger partial charge in [-0.05, 0) is 44.0 Å². The highest BCUT2D eigenvalue weighted by Gasteiger charge is 2.13. The Morgan fingerprint density at radius 2 is 1.85 bits per heavy atom. The summed E-state index contributed by atoms with van der Waals surface area (Å²) >= 11 is 0. The van der Waals surface area contributed by atoms with Crippen LogP contribution < -0.4 is 20.5 Å². The molecule has 0 aliphatic rings. The lowest BCUT2D eigenvalue weighted by Crippen LogP contribution is -2.13. The smallest absolute Gasteiger partial charge is 0.182 e. The molecule has 0 saturated carbocycles. The number of aromatic nitrogens is 4. The molecular formula is C19H24N6O2. The van der Waals surface area contributed by atoms with E-state index >= 15 is 0 Å². The molecule has 0 saturated heterocycles. The standard InChI is InChI=1S/C19H24N6O2/c1-12-9-13(2)25(24-12)19-17(20)18(22-11-23-19)21-8-7-14-5-6-15(26-3)16(10-14)27-4/h5-6,9-11H,7-8,20H2,1-4H3,(H,21,22,23). The third kappa shape index (κ3) is 3.94. The number of nitrogens with two attached hydrogens (primary N) is 1. The molecule has 0 radical (unpaired) electrons. The first-order valence-corrected chi connectivity index (χ1v) is 8.62. The number of ether oxygens (including phenoxy) is 2. The Labute approximate surface area is 158 Å². The maximum absolute atomic E-state index is 6.27. The fourth-order valence-corrected chi connectivity index (χ4v) is 2.90. The van der Waals surface area contributed by atoms with Gasteiger partial charge in [-0.1, -0.05) is 6.07 Å². The van der Waals surface area contributed by atoms with Crippen molar-refractivity contribution in [2.24, 2.45) is 0 Å². The minimum absolute atomic E-state index is 0.469. The van der Waals surface area contributed by atoms with Crippen LogP contribution in [0, 0.1) is 13.8 Å². The Morgan fingerprint density at radius 1 is 1.07 bits per heavy atom. The molecule has 0 bridgehead atoms. The molecule has 2 heterocycles. The minimum Gasteiger partial charge on any atom is -0.493 e. The summed E-state index contributed by atoms with van der Waals surface area (Å²) in [5, 5.41) is 7.71. The van der Waals surface area contributed by atoms with Crippen LogP contribution in [0.25, 0.3) is 5.82 Å². The highest BCUT2D eigenvalue weighted by atomic mass is 16.5. The summed E-state index contributed by atoms with van der Waals surface area (Å²) in [4.78, 5) is 8.55. The van der Waals surface area contributed by atoms with Crippen LogP contribution in [-0.2, 0) is 6.42 Å². The second kappa shape index (κ2) is 7.94. The number of nitrogens with one attached hydrogen (secondary N) is 1. The Hall–Kier alpha value is -3.29. The zero-order valence-corrected chi connectivity index (χ0v) is 16.0. The van der Waals surface area contributed by atoms with E-state index in [4.69, 9.17) is 15.2 Å². The Kier molecular flexibility index (Phi) is 5.44. The van der Waals surface area contributed by atoms with Crippen molar-refractivity contribution in [1.29, 1.82) is 0 Å². The summed E-state index contributed by atoms with van der Waals surface area (Å²) in [6.07, 6.45) is 2.26. The monoisotopic (exact) mass is 368 g/mol. The summed E-state index contributed by atoms with van der Waals surface area (Å²) < 4.78 is 12.3. The number of benzene rings is 1. The topological polar surface area (TPSA) is 100 Å². The van der Waals surface area contributed by atoms with E-state index in [1.807, 2.05) is 38.1 Å². The molecule has 0 fully saturated rings. The van der Waals surface area contributed by atoms with E-state index in [0.29, 0.717) is 35.4 Å². The van der Waals surface area contributed by atoms with E-state index in [0.717, 1.165) is 23.4 Å². The van der Waals surface area contributed by atoms with Crippen LogP contribution in [-0.4, -0.2) is 40.5 Å². The van der Waals surface area contributed by atoms with Gasteiger partial charge in [-0.25, -0.2) is 14.6 Å². The van der Waals surface area contributed by atoms with Crippen molar-refractivity contribution >= 4 is 11.5 Å². The molecule has 3 aromatic rings. The second-order valence-corrected chi connectivity index (χ2v) is 6.16. The molecule has 0 aliphatic heterocycles. The number of methoxy groups -OCH3 is 2. The van der Waals surface area contributed by atoms with E-state index in [9.17, 15) is 0 Å². The Morgan fingerprint density at radius 3 is 2.52 bits per heavy atom. The normalized spacial score (nSPS) is 10.7. The van der Waals surface area contributed by atoms with Crippen molar-refractivity contribution in [2.45, 2.75) is 20.3 Å². The van der Waals surface area contributed by atoms with Crippen molar-refractivity contribution in [3.8, 4) is 17.3 Å². The van der Waals surface area contributed by atoms with Gasteiger partial charge in [0, 0.05) is 12.2 Å². The molecule has 142 valence electrons. The molecule has 0 aliphatic carbocycles. The highest BCUT2D eigenvalue weighted by molar-refractivity contribution is 5.69. The quantitative estimate of drug-likeness (QED) is 0.661. The summed E-state index contributed by atoms with van der Waals surface area (Å²) in [7, 11) is 3.25. The van der Waals surface area contributed by atoms with Gasteiger partial charge in [0.25, 0.3) is 0 Å². The Bertz CT molecular complexity index is 938. The van der Waals surface area contributed by atoms with Crippen molar-refractivity contribution in [2.75, 3.05) is 31.8 Å². The number of hydrogen-bond donors (Lipinski definition) is 2. The van der Waals surface area contributed by atoms with E-state index in [1.165, 1.54) is 6.33 Å². The van der Waals surface area contributed by atoms with Crippen molar-refractivity contribution in [3.05, 3.63) is 47.5 Å². The fraction of sp³-hybridized carbons (Fsp3) is 0.316. The average Bonchev–Trinajstić information content (AvgIpc) is 3.00. The maximum Gasteiger partial charge on any atom is 0.182 e. The first-order chi connectivity index (χ1) is 13.0. The first-order valence-electron chi connectivity index (χ1n) is 8.62. The van der Waals surface area contributed by atoms with E-state index in [1.54, 1.807) is 18.9 Å². The lowest BCUT2D eigenvalue weighted by Gasteiger charge is -2.13. The average molecular weight is 368 g/mol. The van der Waals surface area contributed by atoms with Crippen LogP contribution in [0.3, 0.4) is 0 Å². The number of nitrogen functional groups attached to an aromatic ring is 1. The molecule has 3 N–H and O–H groups in total. The van der Waals surface area contributed by atoms with Gasteiger partial charge in [-0.2, -0.15) is 5.10 Å². The van der Waals surface area contributed by atoms with E-state index in [-0.39, 0.29) is 0 Å². The van der Waals surface area contributed by atoms with Crippen molar-refractivity contribution in [3.63, 3.8) is 0 Å². The van der Waals surface area contributed by atoms with Crippen molar-refractivity contribution < 1.29 is 9.47 Å². The van der Waals surface area contributed by atoms with Crippen LogP contribution in [0.1, 0.15) is 17.0 Å². The summed E-state index contributed by atoms with van der Waals surface area (Å²) in [6, 6.07) is 7.85. The lowest BCUT2D eigenvalue weighted by molar-refractivity contribution is 0.354. The third-order valence-electron chi connectivity index (χ3n) is 4.23. The number of rotatable bonds is 7. The lowest BCUT2D eigenvalue weighted by atomic mass is 10.1. The molecule has 8 heteroatoms. The van der Waals surface area contributed by atoms with Gasteiger partial charge in [-0.15, -0.1) is 0 Å². The van der Waals surface area contributed by atoms with E-state index < -0.39 is 0 Å². The molecule has 27 heavy (non-hydrogen) atoms. The summed E-state index contributed by atoms with van der Waals surface area (Å²) in [5.74, 6) is 2.59. The molecule has 8 nitrogen and oxygen atoms in total. The van der Waals surface area contributed by atoms with Gasteiger partial charge in [0.15, 0.2) is 23.1 Å². The number of aryl methyl sites for hydroxylation is 2. The highest BCUT2D eigenvalue weighted by Crippen LogP contribution is 2.28. The van der Waals surface area contributed by atoms with Gasteiger partial charge in [0.05, 0.1) is 19.9 Å². The molecule has 0 atom stereocenters. The zero-order chi connectivity index (χ0) is 19.4. The summed E-state index contributed by atoms with van der Waals surface area (Å²) in [6.45, 7) is 4.56. The third-order valence-corrected chi connectivity index (χ3v) is 4.23. The van der Waals surface area contributed by atoms with Gasteiger partial charge >= 0.3 is 0 Å². The van der Waals surface area contributed by atoms with E-state index in [2.05, 4.69) is 20.4 Å². The maximum atomic E-state index is 6.27. The molecule has 1 aromatic carbocycles. The first kappa shape index (κ1) is 18.5.